The number of thiophene rings is 1. The van der Waals surface area contributed by atoms with Gasteiger partial charge in [-0.15, -0.1) is 11.3 Å². The van der Waals surface area contributed by atoms with Crippen molar-refractivity contribution in [3.8, 4) is 78.4 Å². The van der Waals surface area contributed by atoms with Crippen molar-refractivity contribution in [3.05, 3.63) is 200 Å². The molecule has 3 heterocycles. The molecule has 10 aromatic rings. The molecule has 258 valence electrons. The number of benzene rings is 7. The van der Waals surface area contributed by atoms with Gasteiger partial charge < -0.3 is 0 Å². The number of hydrogen-bond donors (Lipinski definition) is 0. The monoisotopic (exact) mass is 719 g/mol. The van der Waals surface area contributed by atoms with Gasteiger partial charge in [0, 0.05) is 54.8 Å². The summed E-state index contributed by atoms with van der Waals surface area (Å²) < 4.78 is 2.59. The van der Waals surface area contributed by atoms with Gasteiger partial charge in [-0.2, -0.15) is 0 Å². The molecule has 3 aromatic heterocycles. The van der Waals surface area contributed by atoms with E-state index in [1.165, 1.54) is 36.9 Å². The maximum atomic E-state index is 5.29. The molecule has 0 aliphatic heterocycles. The molecule has 0 aliphatic carbocycles. The molecule has 7 aromatic carbocycles. The van der Waals surface area contributed by atoms with Crippen LogP contribution in [0.5, 0.6) is 0 Å². The predicted molar refractivity (Wildman–Crippen MR) is 231 cm³/mol. The predicted octanol–water partition coefficient (Wildman–Crippen LogP) is 13.9. The van der Waals surface area contributed by atoms with Crippen LogP contribution in [0.15, 0.2) is 200 Å². The molecule has 0 radical (unpaired) electrons. The Morgan fingerprint density at radius 1 is 0.327 bits per heavy atom. The fourth-order valence-corrected chi connectivity index (χ4v) is 8.54. The van der Waals surface area contributed by atoms with Gasteiger partial charge >= 0.3 is 0 Å². The third-order valence-electron chi connectivity index (χ3n) is 10.2. The topological polar surface area (TPSA) is 38.7 Å². The molecule has 0 amide bonds. The van der Waals surface area contributed by atoms with Gasteiger partial charge in [-0.1, -0.05) is 133 Å². The molecule has 0 fully saturated rings. The van der Waals surface area contributed by atoms with Crippen LogP contribution in [-0.4, -0.2) is 15.0 Å². The summed E-state index contributed by atoms with van der Waals surface area (Å²) >= 11 is 1.84. The summed E-state index contributed by atoms with van der Waals surface area (Å²) in [6, 6.07) is 66.8. The van der Waals surface area contributed by atoms with E-state index in [0.29, 0.717) is 5.82 Å². The average Bonchev–Trinajstić information content (AvgIpc) is 3.65. The Bertz CT molecular complexity index is 2970. The lowest BCUT2D eigenvalue weighted by molar-refractivity contribution is 1.18. The highest BCUT2D eigenvalue weighted by atomic mass is 32.1. The van der Waals surface area contributed by atoms with Crippen molar-refractivity contribution in [3.63, 3.8) is 0 Å². The van der Waals surface area contributed by atoms with E-state index in [1.807, 2.05) is 41.8 Å². The van der Waals surface area contributed by atoms with Crippen molar-refractivity contribution in [2.45, 2.75) is 0 Å². The first-order chi connectivity index (χ1) is 27.2. The van der Waals surface area contributed by atoms with Gasteiger partial charge in [0.2, 0.25) is 0 Å². The van der Waals surface area contributed by atoms with Crippen molar-refractivity contribution < 1.29 is 0 Å². The van der Waals surface area contributed by atoms with Gasteiger partial charge in [-0.05, 0) is 93.5 Å². The summed E-state index contributed by atoms with van der Waals surface area (Å²) in [6.07, 6.45) is 3.70. The van der Waals surface area contributed by atoms with Gasteiger partial charge in [-0.3, -0.25) is 4.98 Å². The molecule has 4 heteroatoms. The maximum Gasteiger partial charge on any atom is 0.160 e. The number of aromatic nitrogens is 3. The Labute approximate surface area is 323 Å². The molecule has 0 spiro atoms. The molecule has 0 unspecified atom stereocenters. The normalized spacial score (nSPS) is 11.3. The van der Waals surface area contributed by atoms with Crippen molar-refractivity contribution in [1.82, 2.24) is 15.0 Å². The fourth-order valence-electron chi connectivity index (χ4n) is 7.46. The molecule has 0 saturated heterocycles. The van der Waals surface area contributed by atoms with E-state index < -0.39 is 0 Å². The van der Waals surface area contributed by atoms with Crippen LogP contribution in [0.1, 0.15) is 0 Å². The van der Waals surface area contributed by atoms with E-state index in [2.05, 4.69) is 169 Å². The highest BCUT2D eigenvalue weighted by Gasteiger charge is 2.16. The summed E-state index contributed by atoms with van der Waals surface area (Å²) in [5, 5.41) is 2.57. The third-order valence-corrected chi connectivity index (χ3v) is 11.3. The van der Waals surface area contributed by atoms with E-state index in [9.17, 15) is 0 Å². The Hall–Kier alpha value is -7.01. The quantitative estimate of drug-likeness (QED) is 0.165. The zero-order valence-corrected chi connectivity index (χ0v) is 30.6. The van der Waals surface area contributed by atoms with Gasteiger partial charge in [0.1, 0.15) is 0 Å². The van der Waals surface area contributed by atoms with Gasteiger partial charge in [0.05, 0.1) is 11.4 Å². The van der Waals surface area contributed by atoms with Crippen LogP contribution in [0.4, 0.5) is 0 Å². The van der Waals surface area contributed by atoms with E-state index in [-0.39, 0.29) is 0 Å². The minimum Gasteiger partial charge on any atom is -0.264 e. The molecular weight excluding hydrogens is 687 g/mol. The van der Waals surface area contributed by atoms with Crippen LogP contribution in [0.25, 0.3) is 98.6 Å². The second-order valence-electron chi connectivity index (χ2n) is 13.7. The molecule has 0 saturated carbocycles. The molecule has 0 atom stereocenters. The average molecular weight is 720 g/mol. The number of rotatable bonds is 7. The Kier molecular flexibility index (Phi) is 8.36. The summed E-state index contributed by atoms with van der Waals surface area (Å²) in [6.45, 7) is 0. The maximum absolute atomic E-state index is 5.29. The smallest absolute Gasteiger partial charge is 0.160 e. The first-order valence-electron chi connectivity index (χ1n) is 18.4. The first kappa shape index (κ1) is 32.6. The molecule has 0 N–H and O–H groups in total. The Morgan fingerprint density at radius 2 is 0.909 bits per heavy atom. The fraction of sp³-hybridized carbons (Fsp3) is 0. The van der Waals surface area contributed by atoms with Crippen LogP contribution in [0.3, 0.4) is 0 Å². The third kappa shape index (κ3) is 6.39. The summed E-state index contributed by atoms with van der Waals surface area (Å²) in [7, 11) is 0. The van der Waals surface area contributed by atoms with E-state index in [1.54, 1.807) is 6.20 Å². The second kappa shape index (κ2) is 14.1. The van der Waals surface area contributed by atoms with Crippen molar-refractivity contribution in [2.75, 3.05) is 0 Å². The zero-order valence-electron chi connectivity index (χ0n) is 29.8. The Morgan fingerprint density at radius 3 is 1.71 bits per heavy atom. The highest BCUT2D eigenvalue weighted by molar-refractivity contribution is 7.25. The van der Waals surface area contributed by atoms with E-state index >= 15 is 0 Å². The lowest BCUT2D eigenvalue weighted by atomic mass is 9.90. The minimum atomic E-state index is 0.683. The summed E-state index contributed by atoms with van der Waals surface area (Å²) in [5.41, 5.74) is 13.8. The first-order valence-corrected chi connectivity index (χ1v) is 19.2. The van der Waals surface area contributed by atoms with Crippen LogP contribution < -0.4 is 0 Å². The standard InChI is InChI=1S/C51H33N3S/c1-3-13-34(14-4-1)43-20-7-8-21-44(43)41-28-40(37-24-25-50-46(31-37)45-22-9-10-23-49(45)55-50)29-42(30-41)48-32-47(53-51(54-48)35-15-5-2-6-16-35)38-18-11-17-36(27-38)39-19-12-26-52-33-39/h1-33H. The van der Waals surface area contributed by atoms with E-state index in [4.69, 9.17) is 9.97 Å². The van der Waals surface area contributed by atoms with Crippen LogP contribution in [0, 0.1) is 0 Å². The van der Waals surface area contributed by atoms with Crippen molar-refractivity contribution >= 4 is 31.5 Å². The molecule has 0 bridgehead atoms. The number of nitrogens with zero attached hydrogens (tertiary/aromatic N) is 3. The highest BCUT2D eigenvalue weighted by Crippen LogP contribution is 2.41. The van der Waals surface area contributed by atoms with Crippen LogP contribution in [0.2, 0.25) is 0 Å². The molecule has 10 rings (SSSR count). The van der Waals surface area contributed by atoms with E-state index in [0.717, 1.165) is 55.9 Å². The summed E-state index contributed by atoms with van der Waals surface area (Å²) in [4.78, 5) is 14.8. The number of hydrogen-bond acceptors (Lipinski definition) is 4. The Balaban J connectivity index is 1.20. The lowest BCUT2D eigenvalue weighted by Crippen LogP contribution is -1.97. The van der Waals surface area contributed by atoms with Crippen molar-refractivity contribution in [2.24, 2.45) is 0 Å². The molecular formula is C51H33N3S. The SMILES string of the molecule is c1ccc(-c2nc(-c3cccc(-c4cccnc4)c3)cc(-c3cc(-c4ccc5sc6ccccc6c5c4)cc(-c4ccccc4-c4ccccc4)c3)n2)cc1. The number of pyridine rings is 1. The van der Waals surface area contributed by atoms with Crippen LogP contribution >= 0.6 is 11.3 Å². The van der Waals surface area contributed by atoms with Gasteiger partial charge in [0.15, 0.2) is 5.82 Å². The summed E-state index contributed by atoms with van der Waals surface area (Å²) in [5.74, 6) is 0.683. The second-order valence-corrected chi connectivity index (χ2v) is 14.8. The molecule has 0 aliphatic rings. The van der Waals surface area contributed by atoms with Crippen molar-refractivity contribution in [1.29, 1.82) is 0 Å². The largest absolute Gasteiger partial charge is 0.264 e. The van der Waals surface area contributed by atoms with Gasteiger partial charge in [-0.25, -0.2) is 9.97 Å². The number of fused-ring (bicyclic) bond motifs is 3. The van der Waals surface area contributed by atoms with Gasteiger partial charge in [0.25, 0.3) is 0 Å². The minimum absolute atomic E-state index is 0.683. The zero-order chi connectivity index (χ0) is 36.6. The van der Waals surface area contributed by atoms with Crippen LogP contribution in [-0.2, 0) is 0 Å². The molecule has 3 nitrogen and oxygen atoms in total. The lowest BCUT2D eigenvalue weighted by Gasteiger charge is -2.15. The molecule has 55 heavy (non-hydrogen) atoms.